The molecule has 0 aliphatic carbocycles. The fraction of sp³-hybridized carbons (Fsp3) is 0.292. The fourth-order valence-corrected chi connectivity index (χ4v) is 4.40. The lowest BCUT2D eigenvalue weighted by Gasteiger charge is -2.35. The van der Waals surface area contributed by atoms with Crippen LogP contribution in [0.4, 0.5) is 0 Å². The second-order valence-electron chi connectivity index (χ2n) is 7.65. The number of nitriles is 1. The number of ether oxygens (including phenoxy) is 2. The molecule has 2 aromatic carbocycles. The van der Waals surface area contributed by atoms with Gasteiger partial charge in [-0.2, -0.15) is 5.26 Å². The Hall–Kier alpha value is -3.79. The van der Waals surface area contributed by atoms with Crippen molar-refractivity contribution in [1.82, 2.24) is 14.5 Å². The van der Waals surface area contributed by atoms with Crippen LogP contribution >= 0.6 is 0 Å². The molecule has 3 aromatic rings. The van der Waals surface area contributed by atoms with Crippen LogP contribution in [-0.4, -0.2) is 41.6 Å². The molecule has 0 fully saturated rings. The maximum absolute atomic E-state index is 14.0. The summed E-state index contributed by atoms with van der Waals surface area (Å²) in [4.78, 5) is 20.0. The molecule has 0 spiro atoms. The number of hydrogen-bond donors (Lipinski definition) is 0. The first kappa shape index (κ1) is 20.5. The molecule has 1 atom stereocenters. The molecule has 2 heterocycles. The lowest BCUT2D eigenvalue weighted by Crippen LogP contribution is -2.48. The number of aromatic nitrogens is 2. The Kier molecular flexibility index (Phi) is 5.38. The molecule has 1 aliphatic rings. The normalized spacial score (nSPS) is 17.0. The number of amides is 1. The number of aryl methyl sites for hydroxylation is 1. The monoisotopic (exact) mass is 416 g/mol. The first-order valence-corrected chi connectivity index (χ1v) is 10.0. The van der Waals surface area contributed by atoms with Crippen molar-refractivity contribution >= 4 is 5.91 Å². The molecule has 158 valence electrons. The summed E-state index contributed by atoms with van der Waals surface area (Å²) in [6.07, 6.45) is 4.82. The van der Waals surface area contributed by atoms with Crippen LogP contribution in [0.15, 0.2) is 55.0 Å². The van der Waals surface area contributed by atoms with Crippen LogP contribution in [0, 0.1) is 11.3 Å². The molecule has 0 radical (unpaired) electrons. The van der Waals surface area contributed by atoms with Crippen molar-refractivity contribution in [3.63, 3.8) is 0 Å². The molecule has 7 nitrogen and oxygen atoms in total. The molecule has 1 unspecified atom stereocenters. The summed E-state index contributed by atoms with van der Waals surface area (Å²) < 4.78 is 12.9. The minimum atomic E-state index is -0.987. The molecule has 7 heteroatoms. The van der Waals surface area contributed by atoms with Gasteiger partial charge in [-0.1, -0.05) is 18.2 Å². The third-order valence-corrected chi connectivity index (χ3v) is 5.90. The number of likely N-dealkylation sites (N-methyl/N-ethyl adjacent to an activating group) is 1. The average molecular weight is 416 g/mol. The van der Waals surface area contributed by atoms with E-state index in [0.717, 1.165) is 29.0 Å². The molecule has 31 heavy (non-hydrogen) atoms. The highest BCUT2D eigenvalue weighted by molar-refractivity contribution is 5.89. The van der Waals surface area contributed by atoms with Crippen LogP contribution in [0.1, 0.15) is 28.8 Å². The van der Waals surface area contributed by atoms with Gasteiger partial charge in [0.2, 0.25) is 0 Å². The van der Waals surface area contributed by atoms with Gasteiger partial charge in [0.1, 0.15) is 11.5 Å². The number of nitrogens with zero attached hydrogens (tertiary/aromatic N) is 4. The van der Waals surface area contributed by atoms with Gasteiger partial charge in [0.15, 0.2) is 5.54 Å². The van der Waals surface area contributed by atoms with Crippen molar-refractivity contribution in [3.05, 3.63) is 77.4 Å². The average Bonchev–Trinajstić information content (AvgIpc) is 3.41. The number of hydrogen-bond acceptors (Lipinski definition) is 5. The Labute approximate surface area is 181 Å². The van der Waals surface area contributed by atoms with Gasteiger partial charge in [-0.05, 0) is 42.7 Å². The first-order valence-electron chi connectivity index (χ1n) is 10.0. The number of carbonyl (C=O) groups excluding carboxylic acids is 1. The predicted octanol–water partition coefficient (Wildman–Crippen LogP) is 3.12. The van der Waals surface area contributed by atoms with E-state index < -0.39 is 5.54 Å². The standard InChI is InChI=1S/C24H24N4O3/c1-27(15-18-5-4-6-20(11-18)30-2)23(29)24(10-9-19-14-26-16-28(19)24)21-8-7-17(13-25)12-22(21)31-3/h4-8,11-12,14,16H,9-10,15H2,1-3H3. The van der Waals surface area contributed by atoms with E-state index in [2.05, 4.69) is 11.1 Å². The van der Waals surface area contributed by atoms with Crippen molar-refractivity contribution in [2.75, 3.05) is 21.3 Å². The van der Waals surface area contributed by atoms with Gasteiger partial charge in [0.25, 0.3) is 5.91 Å². The zero-order chi connectivity index (χ0) is 22.0. The van der Waals surface area contributed by atoms with E-state index in [1.807, 2.05) is 34.9 Å². The van der Waals surface area contributed by atoms with E-state index in [4.69, 9.17) is 9.47 Å². The number of fused-ring (bicyclic) bond motifs is 1. The van der Waals surface area contributed by atoms with E-state index in [-0.39, 0.29) is 5.91 Å². The third-order valence-electron chi connectivity index (χ3n) is 5.90. The van der Waals surface area contributed by atoms with Crippen molar-refractivity contribution in [2.45, 2.75) is 24.9 Å². The number of rotatable bonds is 6. The molecule has 0 saturated carbocycles. The molecular weight excluding hydrogens is 392 g/mol. The van der Waals surface area contributed by atoms with Crippen LogP contribution in [-0.2, 0) is 23.3 Å². The molecule has 0 saturated heterocycles. The number of imidazole rings is 1. The molecule has 1 amide bonds. The maximum Gasteiger partial charge on any atom is 0.253 e. The summed E-state index contributed by atoms with van der Waals surface area (Å²) in [5.41, 5.74) is 2.19. The molecule has 4 rings (SSSR count). The summed E-state index contributed by atoms with van der Waals surface area (Å²) in [5, 5.41) is 9.30. The Morgan fingerprint density at radius 2 is 2.10 bits per heavy atom. The van der Waals surface area contributed by atoms with E-state index in [1.54, 1.807) is 50.8 Å². The molecule has 1 aliphatic heterocycles. The topological polar surface area (TPSA) is 80.4 Å². The highest BCUT2D eigenvalue weighted by Gasteiger charge is 2.49. The highest BCUT2D eigenvalue weighted by Crippen LogP contribution is 2.44. The number of methoxy groups -OCH3 is 2. The van der Waals surface area contributed by atoms with Gasteiger partial charge in [-0.3, -0.25) is 4.79 Å². The van der Waals surface area contributed by atoms with Crippen LogP contribution in [0.2, 0.25) is 0 Å². The van der Waals surface area contributed by atoms with Gasteiger partial charge >= 0.3 is 0 Å². The summed E-state index contributed by atoms with van der Waals surface area (Å²) in [7, 11) is 4.98. The second-order valence-corrected chi connectivity index (χ2v) is 7.65. The SMILES string of the molecule is COc1cccc(CN(C)C(=O)C2(c3ccc(C#N)cc3OC)CCc3cncn32)c1. The third kappa shape index (κ3) is 3.40. The second kappa shape index (κ2) is 8.15. The van der Waals surface area contributed by atoms with E-state index in [9.17, 15) is 10.1 Å². The molecule has 0 bridgehead atoms. The smallest absolute Gasteiger partial charge is 0.253 e. The Morgan fingerprint density at radius 3 is 2.84 bits per heavy atom. The van der Waals surface area contributed by atoms with Crippen LogP contribution in [0.25, 0.3) is 0 Å². The summed E-state index contributed by atoms with van der Waals surface area (Å²) in [6.45, 7) is 0.431. The van der Waals surface area contributed by atoms with Crippen molar-refractivity contribution < 1.29 is 14.3 Å². The Bertz CT molecular complexity index is 1160. The minimum Gasteiger partial charge on any atom is -0.497 e. The van der Waals surface area contributed by atoms with Crippen molar-refractivity contribution in [2.24, 2.45) is 0 Å². The van der Waals surface area contributed by atoms with Crippen molar-refractivity contribution in [1.29, 1.82) is 5.26 Å². The van der Waals surface area contributed by atoms with E-state index >= 15 is 0 Å². The van der Waals surface area contributed by atoms with Gasteiger partial charge in [0, 0.05) is 31.0 Å². The lowest BCUT2D eigenvalue weighted by atomic mass is 9.84. The van der Waals surface area contributed by atoms with Crippen molar-refractivity contribution in [3.8, 4) is 17.6 Å². The largest absolute Gasteiger partial charge is 0.497 e. The fourth-order valence-electron chi connectivity index (χ4n) is 4.40. The zero-order valence-electron chi connectivity index (χ0n) is 17.8. The lowest BCUT2D eigenvalue weighted by molar-refractivity contribution is -0.137. The Morgan fingerprint density at radius 1 is 1.26 bits per heavy atom. The van der Waals surface area contributed by atoms with Gasteiger partial charge in [-0.25, -0.2) is 4.98 Å². The molecule has 1 aromatic heterocycles. The zero-order valence-corrected chi connectivity index (χ0v) is 17.8. The minimum absolute atomic E-state index is 0.0601. The van der Waals surface area contributed by atoms with E-state index in [0.29, 0.717) is 24.3 Å². The molecular formula is C24H24N4O3. The van der Waals surface area contributed by atoms with Crippen LogP contribution in [0.5, 0.6) is 11.5 Å². The Balaban J connectivity index is 1.78. The van der Waals surface area contributed by atoms with Crippen LogP contribution in [0.3, 0.4) is 0 Å². The van der Waals surface area contributed by atoms with Gasteiger partial charge in [-0.15, -0.1) is 0 Å². The number of benzene rings is 2. The van der Waals surface area contributed by atoms with Crippen LogP contribution < -0.4 is 9.47 Å². The van der Waals surface area contributed by atoms with Gasteiger partial charge < -0.3 is 18.9 Å². The van der Waals surface area contributed by atoms with E-state index in [1.165, 1.54) is 0 Å². The summed E-state index contributed by atoms with van der Waals surface area (Å²) >= 11 is 0. The predicted molar refractivity (Wildman–Crippen MR) is 115 cm³/mol. The summed E-state index contributed by atoms with van der Waals surface area (Å²) in [5.74, 6) is 1.21. The summed E-state index contributed by atoms with van der Waals surface area (Å²) in [6, 6.07) is 15.1. The number of carbonyl (C=O) groups is 1. The van der Waals surface area contributed by atoms with Gasteiger partial charge in [0.05, 0.1) is 32.2 Å². The maximum atomic E-state index is 14.0. The first-order chi connectivity index (χ1) is 15.0. The highest BCUT2D eigenvalue weighted by atomic mass is 16.5. The molecule has 0 N–H and O–H groups in total. The quantitative estimate of drug-likeness (QED) is 0.617.